The van der Waals surface area contributed by atoms with Gasteiger partial charge in [0.25, 0.3) is 0 Å². The summed E-state index contributed by atoms with van der Waals surface area (Å²) in [6.07, 6.45) is 2.26. The summed E-state index contributed by atoms with van der Waals surface area (Å²) in [7, 11) is 0. The molecule has 1 aliphatic rings. The zero-order valence-electron chi connectivity index (χ0n) is 9.76. The maximum absolute atomic E-state index is 10.9. The number of rotatable bonds is 1. The summed E-state index contributed by atoms with van der Waals surface area (Å²) in [5.41, 5.74) is 3.75. The second kappa shape index (κ2) is 3.91. The second-order valence-electron chi connectivity index (χ2n) is 4.56. The SMILES string of the molecule is O=Cc1ccc2n1CCc1cc(O)c(O)cc1C2. The maximum atomic E-state index is 10.9. The fourth-order valence-electron chi connectivity index (χ4n) is 2.55. The molecule has 0 unspecified atom stereocenters. The van der Waals surface area contributed by atoms with Crippen molar-refractivity contribution in [3.8, 4) is 11.5 Å². The molecule has 0 radical (unpaired) electrons. The van der Waals surface area contributed by atoms with Gasteiger partial charge >= 0.3 is 0 Å². The summed E-state index contributed by atoms with van der Waals surface area (Å²) < 4.78 is 1.99. The van der Waals surface area contributed by atoms with Crippen LogP contribution in [0.25, 0.3) is 0 Å². The van der Waals surface area contributed by atoms with Gasteiger partial charge in [-0.2, -0.15) is 0 Å². The molecule has 2 aromatic rings. The predicted octanol–water partition coefficient (Wildman–Crippen LogP) is 1.86. The van der Waals surface area contributed by atoms with E-state index in [0.29, 0.717) is 18.7 Å². The van der Waals surface area contributed by atoms with Crippen molar-refractivity contribution in [2.45, 2.75) is 19.4 Å². The van der Waals surface area contributed by atoms with E-state index in [0.717, 1.165) is 29.5 Å². The van der Waals surface area contributed by atoms with Crippen molar-refractivity contribution in [1.29, 1.82) is 0 Å². The largest absolute Gasteiger partial charge is 0.504 e. The van der Waals surface area contributed by atoms with E-state index in [1.54, 1.807) is 12.1 Å². The van der Waals surface area contributed by atoms with E-state index in [9.17, 15) is 15.0 Å². The minimum absolute atomic E-state index is 0.0871. The molecule has 0 aliphatic carbocycles. The van der Waals surface area contributed by atoms with Gasteiger partial charge < -0.3 is 14.8 Å². The monoisotopic (exact) mass is 243 g/mol. The Bertz CT molecular complexity index is 628. The highest BCUT2D eigenvalue weighted by atomic mass is 16.3. The van der Waals surface area contributed by atoms with Crippen molar-refractivity contribution in [2.75, 3.05) is 0 Å². The third kappa shape index (κ3) is 1.57. The molecule has 0 saturated carbocycles. The number of nitrogens with zero attached hydrogens (tertiary/aromatic N) is 1. The Morgan fingerprint density at radius 2 is 1.83 bits per heavy atom. The zero-order valence-corrected chi connectivity index (χ0v) is 9.76. The first kappa shape index (κ1) is 10.9. The maximum Gasteiger partial charge on any atom is 0.166 e. The molecule has 1 aromatic heterocycles. The Morgan fingerprint density at radius 3 is 2.56 bits per heavy atom. The number of carbonyl (C=O) groups is 1. The lowest BCUT2D eigenvalue weighted by molar-refractivity contribution is 0.111. The van der Waals surface area contributed by atoms with E-state index >= 15 is 0 Å². The Kier molecular flexibility index (Phi) is 2.37. The molecule has 18 heavy (non-hydrogen) atoms. The zero-order chi connectivity index (χ0) is 12.7. The lowest BCUT2D eigenvalue weighted by Gasteiger charge is -2.07. The Morgan fingerprint density at radius 1 is 1.11 bits per heavy atom. The number of hydrogen-bond acceptors (Lipinski definition) is 3. The average Bonchev–Trinajstić information content (AvgIpc) is 2.66. The number of phenolic OH excluding ortho intramolecular Hbond substituents is 2. The van der Waals surface area contributed by atoms with Crippen LogP contribution in [0.15, 0.2) is 24.3 Å². The summed E-state index contributed by atoms with van der Waals surface area (Å²) >= 11 is 0. The summed E-state index contributed by atoms with van der Waals surface area (Å²) in [4.78, 5) is 10.9. The minimum Gasteiger partial charge on any atom is -0.504 e. The number of aldehydes is 1. The van der Waals surface area contributed by atoms with E-state index in [2.05, 4.69) is 0 Å². The molecule has 4 heteroatoms. The van der Waals surface area contributed by atoms with Crippen LogP contribution in [0.1, 0.15) is 27.3 Å². The number of fused-ring (bicyclic) bond motifs is 2. The highest BCUT2D eigenvalue weighted by Crippen LogP contribution is 2.32. The van der Waals surface area contributed by atoms with Crippen LogP contribution in [0.2, 0.25) is 0 Å². The van der Waals surface area contributed by atoms with Crippen molar-refractivity contribution in [3.63, 3.8) is 0 Å². The molecule has 0 bridgehead atoms. The van der Waals surface area contributed by atoms with Crippen LogP contribution in [-0.2, 0) is 19.4 Å². The molecule has 0 atom stereocenters. The lowest BCUT2D eigenvalue weighted by atomic mass is 10.0. The van der Waals surface area contributed by atoms with Crippen molar-refractivity contribution in [1.82, 2.24) is 4.57 Å². The number of carbonyl (C=O) groups excluding carboxylic acids is 1. The molecule has 2 heterocycles. The van der Waals surface area contributed by atoms with Gasteiger partial charge in [0.05, 0.1) is 5.69 Å². The van der Waals surface area contributed by atoms with Crippen LogP contribution in [0, 0.1) is 0 Å². The van der Waals surface area contributed by atoms with E-state index in [1.165, 1.54) is 0 Å². The Labute approximate surface area is 104 Å². The molecule has 2 N–H and O–H groups in total. The molecule has 3 rings (SSSR count). The second-order valence-corrected chi connectivity index (χ2v) is 4.56. The fraction of sp³-hybridized carbons (Fsp3) is 0.214. The van der Waals surface area contributed by atoms with Crippen LogP contribution in [-0.4, -0.2) is 21.1 Å². The standard InChI is InChI=1S/C14H13NO3/c16-8-12-2-1-11-5-10-7-14(18)13(17)6-9(10)3-4-15(11)12/h1-2,6-8,17-18H,3-5H2. The molecule has 0 saturated heterocycles. The molecule has 1 aromatic carbocycles. The molecule has 0 spiro atoms. The molecular weight excluding hydrogens is 230 g/mol. The number of aromatic nitrogens is 1. The van der Waals surface area contributed by atoms with Gasteiger partial charge in [-0.05, 0) is 41.8 Å². The number of aromatic hydroxyl groups is 2. The number of benzene rings is 1. The van der Waals surface area contributed by atoms with Gasteiger partial charge in [0.2, 0.25) is 0 Å². The normalized spacial score (nSPS) is 13.6. The van der Waals surface area contributed by atoms with Gasteiger partial charge in [-0.15, -0.1) is 0 Å². The van der Waals surface area contributed by atoms with Crippen molar-refractivity contribution in [2.24, 2.45) is 0 Å². The first-order valence-corrected chi connectivity index (χ1v) is 5.86. The molecule has 1 aliphatic heterocycles. The van der Waals surface area contributed by atoms with Gasteiger partial charge in [-0.25, -0.2) is 0 Å². The molecular formula is C14H13NO3. The van der Waals surface area contributed by atoms with Gasteiger partial charge in [0, 0.05) is 18.7 Å². The first-order valence-electron chi connectivity index (χ1n) is 5.86. The summed E-state index contributed by atoms with van der Waals surface area (Å²) in [5, 5.41) is 19.1. The van der Waals surface area contributed by atoms with E-state index in [-0.39, 0.29) is 11.5 Å². The van der Waals surface area contributed by atoms with E-state index in [1.807, 2.05) is 16.7 Å². The highest BCUT2D eigenvalue weighted by molar-refractivity contribution is 5.73. The topological polar surface area (TPSA) is 62.5 Å². The van der Waals surface area contributed by atoms with Crippen LogP contribution in [0.4, 0.5) is 0 Å². The van der Waals surface area contributed by atoms with Gasteiger partial charge in [0.15, 0.2) is 17.8 Å². The summed E-state index contributed by atoms with van der Waals surface area (Å²) in [6, 6.07) is 6.96. The van der Waals surface area contributed by atoms with Gasteiger partial charge in [-0.1, -0.05) is 0 Å². The number of aryl methyl sites for hydroxylation is 1. The van der Waals surface area contributed by atoms with E-state index < -0.39 is 0 Å². The first-order chi connectivity index (χ1) is 8.69. The Balaban J connectivity index is 2.09. The van der Waals surface area contributed by atoms with Crippen molar-refractivity contribution >= 4 is 6.29 Å². The molecule has 4 nitrogen and oxygen atoms in total. The average molecular weight is 243 g/mol. The van der Waals surface area contributed by atoms with Crippen LogP contribution in [0.5, 0.6) is 11.5 Å². The minimum atomic E-state index is -0.0932. The quantitative estimate of drug-likeness (QED) is 0.593. The van der Waals surface area contributed by atoms with Crippen LogP contribution >= 0.6 is 0 Å². The predicted molar refractivity (Wildman–Crippen MR) is 66.1 cm³/mol. The number of hydrogen-bond donors (Lipinski definition) is 2. The molecule has 0 amide bonds. The summed E-state index contributed by atoms with van der Waals surface area (Å²) in [5.74, 6) is -0.180. The molecule has 92 valence electrons. The van der Waals surface area contributed by atoms with Crippen molar-refractivity contribution in [3.05, 3.63) is 46.8 Å². The van der Waals surface area contributed by atoms with Crippen molar-refractivity contribution < 1.29 is 15.0 Å². The van der Waals surface area contributed by atoms with Gasteiger partial charge in [0.1, 0.15) is 0 Å². The third-order valence-electron chi connectivity index (χ3n) is 3.50. The van der Waals surface area contributed by atoms with Crippen LogP contribution < -0.4 is 0 Å². The number of phenols is 2. The molecule has 0 fully saturated rings. The Hall–Kier alpha value is -2.23. The summed E-state index contributed by atoms with van der Waals surface area (Å²) in [6.45, 7) is 0.716. The van der Waals surface area contributed by atoms with E-state index in [4.69, 9.17) is 0 Å². The fourth-order valence-corrected chi connectivity index (χ4v) is 2.55. The highest BCUT2D eigenvalue weighted by Gasteiger charge is 2.17. The van der Waals surface area contributed by atoms with Crippen LogP contribution in [0.3, 0.4) is 0 Å². The van der Waals surface area contributed by atoms with Gasteiger partial charge in [-0.3, -0.25) is 4.79 Å². The smallest absolute Gasteiger partial charge is 0.166 e. The third-order valence-corrected chi connectivity index (χ3v) is 3.50. The lowest BCUT2D eigenvalue weighted by Crippen LogP contribution is -2.05.